The van der Waals surface area contributed by atoms with Gasteiger partial charge in [0.1, 0.15) is 5.82 Å². The SMILES string of the molecule is CC[C@H]1CN(c2cc3[nH]c(=O)[nH]c3cc2C)CCN1C1CCN(Cc2ccc(Cl)cc2F)CC1. The van der Waals surface area contributed by atoms with Gasteiger partial charge in [-0.15, -0.1) is 0 Å². The first-order chi connectivity index (χ1) is 16.4. The van der Waals surface area contributed by atoms with Crippen molar-refractivity contribution in [2.24, 2.45) is 0 Å². The first-order valence-corrected chi connectivity index (χ1v) is 12.7. The first kappa shape index (κ1) is 23.4. The minimum atomic E-state index is -0.214. The third-order valence-corrected chi connectivity index (χ3v) is 7.84. The average molecular weight is 486 g/mol. The van der Waals surface area contributed by atoms with Gasteiger partial charge in [-0.2, -0.15) is 0 Å². The number of nitrogens with zero attached hydrogens (tertiary/aromatic N) is 3. The van der Waals surface area contributed by atoms with Crippen LogP contribution in [0.3, 0.4) is 0 Å². The van der Waals surface area contributed by atoms with E-state index >= 15 is 0 Å². The minimum Gasteiger partial charge on any atom is -0.368 e. The number of rotatable bonds is 5. The summed E-state index contributed by atoms with van der Waals surface area (Å²) >= 11 is 5.90. The Morgan fingerprint density at radius 2 is 1.79 bits per heavy atom. The summed E-state index contributed by atoms with van der Waals surface area (Å²) in [6.07, 6.45) is 3.33. The molecular formula is C26H33ClFN5O. The van der Waals surface area contributed by atoms with Gasteiger partial charge >= 0.3 is 5.69 Å². The number of halogens is 2. The van der Waals surface area contributed by atoms with Crippen molar-refractivity contribution in [2.45, 2.75) is 51.7 Å². The fraction of sp³-hybridized carbons (Fsp3) is 0.500. The Morgan fingerprint density at radius 3 is 2.50 bits per heavy atom. The second-order valence-corrected chi connectivity index (χ2v) is 10.2. The van der Waals surface area contributed by atoms with Gasteiger partial charge in [-0.1, -0.05) is 24.6 Å². The molecule has 6 nitrogen and oxygen atoms in total. The zero-order valence-corrected chi connectivity index (χ0v) is 20.7. The average Bonchev–Trinajstić information content (AvgIpc) is 3.19. The molecule has 5 rings (SSSR count). The molecule has 3 aromatic rings. The van der Waals surface area contributed by atoms with Crippen molar-refractivity contribution in [3.05, 3.63) is 62.8 Å². The first-order valence-electron chi connectivity index (χ1n) is 12.3. The lowest BCUT2D eigenvalue weighted by molar-refractivity contribution is 0.0609. The molecule has 0 amide bonds. The van der Waals surface area contributed by atoms with E-state index in [0.29, 0.717) is 23.7 Å². The van der Waals surface area contributed by atoms with Crippen LogP contribution in [-0.2, 0) is 6.54 Å². The topological polar surface area (TPSA) is 58.4 Å². The molecule has 182 valence electrons. The zero-order valence-electron chi connectivity index (χ0n) is 19.9. The normalized spacial score (nSPS) is 20.9. The summed E-state index contributed by atoms with van der Waals surface area (Å²) in [4.78, 5) is 25.0. The van der Waals surface area contributed by atoms with Crippen molar-refractivity contribution in [1.29, 1.82) is 0 Å². The van der Waals surface area contributed by atoms with E-state index in [-0.39, 0.29) is 11.5 Å². The molecule has 1 aromatic heterocycles. The van der Waals surface area contributed by atoms with Gasteiger partial charge in [0.15, 0.2) is 0 Å². The van der Waals surface area contributed by atoms with Crippen molar-refractivity contribution in [2.75, 3.05) is 37.6 Å². The monoisotopic (exact) mass is 485 g/mol. The lowest BCUT2D eigenvalue weighted by Crippen LogP contribution is -2.58. The lowest BCUT2D eigenvalue weighted by Gasteiger charge is -2.48. The number of nitrogens with one attached hydrogen (secondary N) is 2. The summed E-state index contributed by atoms with van der Waals surface area (Å²) in [5.41, 5.74) is 4.69. The van der Waals surface area contributed by atoms with Crippen LogP contribution in [0, 0.1) is 12.7 Å². The fourth-order valence-corrected chi connectivity index (χ4v) is 5.91. The molecule has 0 radical (unpaired) electrons. The van der Waals surface area contributed by atoms with Gasteiger partial charge in [-0.05, 0) is 69.1 Å². The number of piperidine rings is 1. The van der Waals surface area contributed by atoms with Gasteiger partial charge in [-0.3, -0.25) is 9.80 Å². The number of aryl methyl sites for hydroxylation is 1. The molecular weight excluding hydrogens is 453 g/mol. The van der Waals surface area contributed by atoms with E-state index in [1.54, 1.807) is 12.1 Å². The number of anilines is 1. The van der Waals surface area contributed by atoms with Crippen LogP contribution in [0.5, 0.6) is 0 Å². The van der Waals surface area contributed by atoms with E-state index in [1.165, 1.54) is 17.3 Å². The molecule has 34 heavy (non-hydrogen) atoms. The summed E-state index contributed by atoms with van der Waals surface area (Å²) in [5.74, 6) is -0.214. The Morgan fingerprint density at radius 1 is 1.06 bits per heavy atom. The smallest absolute Gasteiger partial charge is 0.323 e. The highest BCUT2D eigenvalue weighted by Gasteiger charge is 2.33. The van der Waals surface area contributed by atoms with Crippen LogP contribution < -0.4 is 10.6 Å². The van der Waals surface area contributed by atoms with E-state index in [9.17, 15) is 9.18 Å². The fourth-order valence-electron chi connectivity index (χ4n) is 5.75. The lowest BCUT2D eigenvalue weighted by atomic mass is 9.97. The highest BCUT2D eigenvalue weighted by molar-refractivity contribution is 6.30. The molecule has 0 bridgehead atoms. The molecule has 2 fully saturated rings. The second kappa shape index (κ2) is 9.72. The van der Waals surface area contributed by atoms with Crippen LogP contribution in [0.2, 0.25) is 5.02 Å². The molecule has 2 N–H and O–H groups in total. The van der Waals surface area contributed by atoms with Crippen LogP contribution in [-0.4, -0.2) is 64.6 Å². The van der Waals surface area contributed by atoms with Gasteiger partial charge in [0.2, 0.25) is 0 Å². The second-order valence-electron chi connectivity index (χ2n) is 9.75. The molecule has 2 saturated heterocycles. The maximum absolute atomic E-state index is 14.2. The van der Waals surface area contributed by atoms with Crippen molar-refractivity contribution in [3.63, 3.8) is 0 Å². The van der Waals surface area contributed by atoms with Crippen LogP contribution in [0.15, 0.2) is 35.1 Å². The van der Waals surface area contributed by atoms with E-state index in [4.69, 9.17) is 11.6 Å². The number of hydrogen-bond acceptors (Lipinski definition) is 4. The Labute approximate surface area is 204 Å². The number of hydrogen-bond donors (Lipinski definition) is 2. The van der Waals surface area contributed by atoms with E-state index < -0.39 is 0 Å². The Bertz CT molecular complexity index is 1220. The predicted octanol–water partition coefficient (Wildman–Crippen LogP) is 4.52. The van der Waals surface area contributed by atoms with Crippen molar-refractivity contribution in [1.82, 2.24) is 19.8 Å². The molecule has 0 saturated carbocycles. The van der Waals surface area contributed by atoms with Crippen LogP contribution in [0.4, 0.5) is 10.1 Å². The summed E-state index contributed by atoms with van der Waals surface area (Å²) in [6, 6.07) is 10.2. The minimum absolute atomic E-state index is 0.159. The standard InChI is InChI=1S/C26H33ClFN5O/c1-3-20-16-32(25-14-24-23(12-17(25)2)29-26(34)30-24)10-11-33(20)21-6-8-31(9-7-21)15-18-4-5-19(27)13-22(18)28/h4-5,12-14,20-21H,3,6-11,15-16H2,1-2H3,(H2,29,30,34)/t20-/m0/s1. The highest BCUT2D eigenvalue weighted by Crippen LogP contribution is 2.30. The molecule has 0 spiro atoms. The number of aromatic nitrogens is 2. The summed E-state index contributed by atoms with van der Waals surface area (Å²) in [7, 11) is 0. The van der Waals surface area contributed by atoms with Gasteiger partial charge in [0.05, 0.1) is 11.0 Å². The maximum Gasteiger partial charge on any atom is 0.323 e. The molecule has 0 aliphatic carbocycles. The number of benzene rings is 2. The van der Waals surface area contributed by atoms with Gasteiger partial charge in [0, 0.05) is 54.5 Å². The molecule has 3 heterocycles. The van der Waals surface area contributed by atoms with Gasteiger partial charge in [-0.25, -0.2) is 9.18 Å². The predicted molar refractivity (Wildman–Crippen MR) is 136 cm³/mol. The molecule has 0 unspecified atom stereocenters. The Hall–Kier alpha value is -2.35. The highest BCUT2D eigenvalue weighted by atomic mass is 35.5. The molecule has 8 heteroatoms. The number of H-pyrrole nitrogens is 2. The van der Waals surface area contributed by atoms with Crippen molar-refractivity contribution >= 4 is 28.3 Å². The van der Waals surface area contributed by atoms with Crippen LogP contribution in [0.1, 0.15) is 37.3 Å². The van der Waals surface area contributed by atoms with E-state index in [1.807, 2.05) is 0 Å². The molecule has 2 aliphatic heterocycles. The molecule has 2 aliphatic rings. The van der Waals surface area contributed by atoms with Crippen molar-refractivity contribution in [3.8, 4) is 0 Å². The third kappa shape index (κ3) is 4.74. The zero-order chi connectivity index (χ0) is 23.8. The maximum atomic E-state index is 14.2. The van der Waals surface area contributed by atoms with E-state index in [2.05, 4.69) is 50.6 Å². The Balaban J connectivity index is 1.22. The molecule has 2 aromatic carbocycles. The molecule has 1 atom stereocenters. The summed E-state index contributed by atoms with van der Waals surface area (Å²) in [5, 5.41) is 0.446. The number of fused-ring (bicyclic) bond motifs is 1. The third-order valence-electron chi connectivity index (χ3n) is 7.61. The largest absolute Gasteiger partial charge is 0.368 e. The number of likely N-dealkylation sites (tertiary alicyclic amines) is 1. The number of aromatic amines is 2. The summed E-state index contributed by atoms with van der Waals surface area (Å²) in [6.45, 7) is 10.0. The van der Waals surface area contributed by atoms with Crippen molar-refractivity contribution < 1.29 is 4.39 Å². The van der Waals surface area contributed by atoms with Gasteiger partial charge < -0.3 is 14.9 Å². The van der Waals surface area contributed by atoms with Crippen LogP contribution in [0.25, 0.3) is 11.0 Å². The summed E-state index contributed by atoms with van der Waals surface area (Å²) < 4.78 is 14.2. The number of imidazole rings is 1. The quantitative estimate of drug-likeness (QED) is 0.557. The van der Waals surface area contributed by atoms with E-state index in [0.717, 1.165) is 68.6 Å². The number of piperazine rings is 1. The van der Waals surface area contributed by atoms with Gasteiger partial charge in [0.25, 0.3) is 0 Å². The van der Waals surface area contributed by atoms with Crippen LogP contribution >= 0.6 is 11.6 Å². The Kier molecular flexibility index (Phi) is 6.69.